The molecule has 108 valence electrons. The number of halogens is 1. The van der Waals surface area contributed by atoms with E-state index in [2.05, 4.69) is 11.8 Å². The fourth-order valence-electron chi connectivity index (χ4n) is 2.10. The molecule has 1 aromatic rings. The molecule has 19 heavy (non-hydrogen) atoms. The highest BCUT2D eigenvalue weighted by Crippen LogP contribution is 2.25. The second-order valence-corrected chi connectivity index (χ2v) is 4.90. The van der Waals surface area contributed by atoms with E-state index in [0.717, 1.165) is 17.8 Å². The van der Waals surface area contributed by atoms with Gasteiger partial charge in [0.1, 0.15) is 0 Å². The van der Waals surface area contributed by atoms with Gasteiger partial charge < -0.3 is 20.1 Å². The van der Waals surface area contributed by atoms with Gasteiger partial charge in [0.05, 0.1) is 13.2 Å². The number of hydrogen-bond donors (Lipinski definition) is 1. The van der Waals surface area contributed by atoms with Gasteiger partial charge in [0.25, 0.3) is 0 Å². The highest BCUT2D eigenvalue weighted by molar-refractivity contribution is 6.30. The Kier molecular flexibility index (Phi) is 7.16. The predicted octanol–water partition coefficient (Wildman–Crippen LogP) is 2.29. The molecule has 0 radical (unpaired) electrons. The van der Waals surface area contributed by atoms with Crippen molar-refractivity contribution in [2.75, 3.05) is 38.9 Å². The fourth-order valence-corrected chi connectivity index (χ4v) is 2.29. The van der Waals surface area contributed by atoms with Crippen LogP contribution in [0.25, 0.3) is 0 Å². The molecule has 0 saturated heterocycles. The predicted molar refractivity (Wildman–Crippen MR) is 79.9 cm³/mol. The maximum atomic E-state index is 6.02. The van der Waals surface area contributed by atoms with Crippen LogP contribution >= 0.6 is 11.6 Å². The van der Waals surface area contributed by atoms with Crippen molar-refractivity contribution in [2.45, 2.75) is 19.5 Å². The van der Waals surface area contributed by atoms with Crippen LogP contribution in [0.3, 0.4) is 0 Å². The maximum Gasteiger partial charge on any atom is 0.0663 e. The van der Waals surface area contributed by atoms with Crippen molar-refractivity contribution in [1.29, 1.82) is 0 Å². The molecular weight excluding hydrogens is 264 g/mol. The summed E-state index contributed by atoms with van der Waals surface area (Å²) < 4.78 is 10.4. The summed E-state index contributed by atoms with van der Waals surface area (Å²) in [5, 5.41) is 0.704. The van der Waals surface area contributed by atoms with Gasteiger partial charge in [-0.2, -0.15) is 0 Å². The number of nitrogens with zero attached hydrogens (tertiary/aromatic N) is 1. The van der Waals surface area contributed by atoms with Gasteiger partial charge in [0.15, 0.2) is 0 Å². The standard InChI is InChI=1S/C14H23ClN2O2/c1-11(10-19-3)17(6-7-18-2)14-5-4-13(15)8-12(14)9-16/h4-5,8,11H,6-7,9-10,16H2,1-3H3. The molecule has 1 rings (SSSR count). The first-order chi connectivity index (χ1) is 9.13. The van der Waals surface area contributed by atoms with Crippen LogP contribution < -0.4 is 10.6 Å². The Bertz CT molecular complexity index is 388. The summed E-state index contributed by atoms with van der Waals surface area (Å²) >= 11 is 6.02. The van der Waals surface area contributed by atoms with Crippen molar-refractivity contribution in [1.82, 2.24) is 0 Å². The third-order valence-corrected chi connectivity index (χ3v) is 3.28. The molecule has 0 aliphatic heterocycles. The Morgan fingerprint density at radius 2 is 2.05 bits per heavy atom. The summed E-state index contributed by atoms with van der Waals surface area (Å²) in [7, 11) is 3.40. The second-order valence-electron chi connectivity index (χ2n) is 4.47. The van der Waals surface area contributed by atoms with Crippen LogP contribution in [0.5, 0.6) is 0 Å². The van der Waals surface area contributed by atoms with Gasteiger partial charge in [-0.05, 0) is 30.7 Å². The Morgan fingerprint density at radius 1 is 1.32 bits per heavy atom. The molecule has 0 aliphatic carbocycles. The lowest BCUT2D eigenvalue weighted by molar-refractivity contribution is 0.171. The van der Waals surface area contributed by atoms with Gasteiger partial charge in [0.2, 0.25) is 0 Å². The number of methoxy groups -OCH3 is 2. The zero-order chi connectivity index (χ0) is 14.3. The number of rotatable bonds is 8. The Hall–Kier alpha value is -0.810. The largest absolute Gasteiger partial charge is 0.383 e. The molecule has 0 spiro atoms. The van der Waals surface area contributed by atoms with Crippen molar-refractivity contribution < 1.29 is 9.47 Å². The molecule has 1 aromatic carbocycles. The van der Waals surface area contributed by atoms with Crippen LogP contribution in [0.1, 0.15) is 12.5 Å². The number of hydrogen-bond acceptors (Lipinski definition) is 4. The normalized spacial score (nSPS) is 12.5. The van der Waals surface area contributed by atoms with Crippen LogP contribution in [-0.4, -0.2) is 40.0 Å². The smallest absolute Gasteiger partial charge is 0.0663 e. The van der Waals surface area contributed by atoms with E-state index in [4.69, 9.17) is 26.8 Å². The third kappa shape index (κ3) is 4.66. The van der Waals surface area contributed by atoms with Crippen molar-refractivity contribution in [3.8, 4) is 0 Å². The average molecular weight is 287 g/mol. The monoisotopic (exact) mass is 286 g/mol. The van der Waals surface area contributed by atoms with Gasteiger partial charge in [-0.15, -0.1) is 0 Å². The first-order valence-corrected chi connectivity index (χ1v) is 6.74. The topological polar surface area (TPSA) is 47.7 Å². The number of anilines is 1. The first-order valence-electron chi connectivity index (χ1n) is 6.37. The van der Waals surface area contributed by atoms with E-state index < -0.39 is 0 Å². The lowest BCUT2D eigenvalue weighted by Gasteiger charge is -2.32. The van der Waals surface area contributed by atoms with Crippen molar-refractivity contribution >= 4 is 17.3 Å². The first kappa shape index (κ1) is 16.2. The van der Waals surface area contributed by atoms with Crippen LogP contribution in [0, 0.1) is 0 Å². The molecule has 1 atom stereocenters. The van der Waals surface area contributed by atoms with Crippen molar-refractivity contribution in [3.05, 3.63) is 28.8 Å². The molecule has 5 heteroatoms. The van der Waals surface area contributed by atoms with Crippen LogP contribution in [0.15, 0.2) is 18.2 Å². The van der Waals surface area contributed by atoms with E-state index in [0.29, 0.717) is 24.8 Å². The summed E-state index contributed by atoms with van der Waals surface area (Å²) in [6, 6.07) is 6.05. The Balaban J connectivity index is 3.01. The molecule has 0 amide bonds. The summed E-state index contributed by atoms with van der Waals surface area (Å²) in [5.41, 5.74) is 7.94. The summed E-state index contributed by atoms with van der Waals surface area (Å²) in [5.74, 6) is 0. The van der Waals surface area contributed by atoms with Gasteiger partial charge >= 0.3 is 0 Å². The van der Waals surface area contributed by atoms with Crippen LogP contribution in [-0.2, 0) is 16.0 Å². The minimum Gasteiger partial charge on any atom is -0.383 e. The van der Waals surface area contributed by atoms with Crippen molar-refractivity contribution in [3.63, 3.8) is 0 Å². The minimum absolute atomic E-state index is 0.242. The van der Waals surface area contributed by atoms with Crippen molar-refractivity contribution in [2.24, 2.45) is 5.73 Å². The van der Waals surface area contributed by atoms with Gasteiger partial charge in [-0.3, -0.25) is 0 Å². The van der Waals surface area contributed by atoms with Gasteiger partial charge in [-0.25, -0.2) is 0 Å². The molecule has 0 fully saturated rings. The zero-order valence-corrected chi connectivity index (χ0v) is 12.6. The highest BCUT2D eigenvalue weighted by Gasteiger charge is 2.17. The molecule has 0 bridgehead atoms. The number of ether oxygens (including phenoxy) is 2. The van der Waals surface area contributed by atoms with E-state index in [1.165, 1.54) is 0 Å². The number of benzene rings is 1. The lowest BCUT2D eigenvalue weighted by Crippen LogP contribution is -2.39. The van der Waals surface area contributed by atoms with E-state index in [1.807, 2.05) is 18.2 Å². The fraction of sp³-hybridized carbons (Fsp3) is 0.571. The molecule has 0 aromatic heterocycles. The van der Waals surface area contributed by atoms with E-state index in [9.17, 15) is 0 Å². The minimum atomic E-state index is 0.242. The second kappa shape index (κ2) is 8.38. The van der Waals surface area contributed by atoms with E-state index in [-0.39, 0.29) is 6.04 Å². The zero-order valence-electron chi connectivity index (χ0n) is 11.9. The molecule has 2 N–H and O–H groups in total. The SMILES string of the molecule is COCCN(c1ccc(Cl)cc1CN)C(C)COC. The third-order valence-electron chi connectivity index (χ3n) is 3.05. The van der Waals surface area contributed by atoms with E-state index >= 15 is 0 Å². The van der Waals surface area contributed by atoms with Gasteiger partial charge in [-0.1, -0.05) is 11.6 Å². The van der Waals surface area contributed by atoms with E-state index in [1.54, 1.807) is 14.2 Å². The quantitative estimate of drug-likeness (QED) is 0.796. The summed E-state index contributed by atoms with van der Waals surface area (Å²) in [6.07, 6.45) is 0. The highest BCUT2D eigenvalue weighted by atomic mass is 35.5. The lowest BCUT2D eigenvalue weighted by atomic mass is 10.1. The van der Waals surface area contributed by atoms with Gasteiger partial charge in [0, 0.05) is 44.1 Å². The Morgan fingerprint density at radius 3 is 2.63 bits per heavy atom. The summed E-state index contributed by atoms with van der Waals surface area (Å²) in [4.78, 5) is 2.24. The Labute approximate surface area is 120 Å². The number of nitrogens with two attached hydrogens (primary N) is 1. The molecule has 1 unspecified atom stereocenters. The average Bonchev–Trinajstić information content (AvgIpc) is 2.40. The van der Waals surface area contributed by atoms with Crippen LogP contribution in [0.4, 0.5) is 5.69 Å². The maximum absolute atomic E-state index is 6.02. The molecule has 0 saturated carbocycles. The molecule has 0 aliphatic rings. The summed E-state index contributed by atoms with van der Waals surface area (Å²) in [6.45, 7) is 4.67. The molecule has 4 nitrogen and oxygen atoms in total. The molecular formula is C14H23ClN2O2. The van der Waals surface area contributed by atoms with Crippen LogP contribution in [0.2, 0.25) is 5.02 Å². The molecule has 0 heterocycles.